The first-order chi connectivity index (χ1) is 7.81. The normalized spacial score (nSPS) is 27.1. The third-order valence-electron chi connectivity index (χ3n) is 3.49. The summed E-state index contributed by atoms with van der Waals surface area (Å²) < 4.78 is 5.59. The Hall–Kier alpha value is -0.420. The highest BCUT2D eigenvalue weighted by molar-refractivity contribution is 7.07. The molecule has 3 N–H and O–H groups in total. The zero-order chi connectivity index (χ0) is 11.4. The highest BCUT2D eigenvalue weighted by Gasteiger charge is 2.30. The molecule has 2 rings (SSSR count). The third-order valence-corrected chi connectivity index (χ3v) is 4.22. The minimum atomic E-state index is 0.337. The Bertz CT molecular complexity index is 302. The van der Waals surface area contributed by atoms with Crippen molar-refractivity contribution in [2.45, 2.75) is 38.3 Å². The van der Waals surface area contributed by atoms with Crippen molar-refractivity contribution in [3.63, 3.8) is 0 Å². The number of ether oxygens (including phenoxy) is 1. The van der Waals surface area contributed by atoms with Crippen molar-refractivity contribution in [3.8, 4) is 0 Å². The van der Waals surface area contributed by atoms with Gasteiger partial charge in [-0.15, -0.1) is 0 Å². The molecule has 0 spiro atoms. The van der Waals surface area contributed by atoms with Gasteiger partial charge in [0.15, 0.2) is 0 Å². The molecule has 1 aliphatic rings. The minimum Gasteiger partial charge on any atom is -0.378 e. The highest BCUT2D eigenvalue weighted by atomic mass is 32.1. The first-order valence-corrected chi connectivity index (χ1v) is 6.84. The van der Waals surface area contributed by atoms with Gasteiger partial charge in [0.05, 0.1) is 6.10 Å². The molecule has 3 nitrogen and oxygen atoms in total. The lowest BCUT2D eigenvalue weighted by Gasteiger charge is -2.24. The summed E-state index contributed by atoms with van der Waals surface area (Å²) in [7, 11) is 0. The summed E-state index contributed by atoms with van der Waals surface area (Å²) in [4.78, 5) is 0. The van der Waals surface area contributed by atoms with Crippen LogP contribution in [-0.4, -0.2) is 18.8 Å². The maximum Gasteiger partial charge on any atom is 0.0591 e. The summed E-state index contributed by atoms with van der Waals surface area (Å²) in [5.74, 6) is 6.21. The average molecular weight is 240 g/mol. The van der Waals surface area contributed by atoms with Crippen LogP contribution in [0.5, 0.6) is 0 Å². The molecule has 3 unspecified atom stereocenters. The third kappa shape index (κ3) is 2.83. The van der Waals surface area contributed by atoms with E-state index in [0.29, 0.717) is 18.1 Å². The van der Waals surface area contributed by atoms with Gasteiger partial charge < -0.3 is 4.74 Å². The van der Waals surface area contributed by atoms with Crippen molar-refractivity contribution in [2.75, 3.05) is 6.61 Å². The van der Waals surface area contributed by atoms with Crippen molar-refractivity contribution in [1.29, 1.82) is 0 Å². The number of thiophene rings is 1. The molecule has 0 aliphatic carbocycles. The summed E-state index contributed by atoms with van der Waals surface area (Å²) in [5.41, 5.74) is 4.37. The molecule has 0 bridgehead atoms. The van der Waals surface area contributed by atoms with Crippen LogP contribution in [-0.2, 0) is 11.2 Å². The second-order valence-electron chi connectivity index (χ2n) is 4.47. The lowest BCUT2D eigenvalue weighted by molar-refractivity contribution is 0.0943. The van der Waals surface area contributed by atoms with Gasteiger partial charge in [0.2, 0.25) is 0 Å². The molecule has 16 heavy (non-hydrogen) atoms. The number of nitrogens with two attached hydrogens (primary N) is 1. The molecule has 1 saturated heterocycles. The number of aryl methyl sites for hydroxylation is 1. The lowest BCUT2D eigenvalue weighted by Crippen LogP contribution is -2.43. The van der Waals surface area contributed by atoms with E-state index in [2.05, 4.69) is 29.2 Å². The van der Waals surface area contributed by atoms with Crippen LogP contribution in [0.3, 0.4) is 0 Å². The topological polar surface area (TPSA) is 47.3 Å². The van der Waals surface area contributed by atoms with Crippen molar-refractivity contribution >= 4 is 11.3 Å². The Morgan fingerprint density at radius 1 is 1.69 bits per heavy atom. The molecule has 3 atom stereocenters. The fraction of sp³-hybridized carbons (Fsp3) is 0.667. The summed E-state index contributed by atoms with van der Waals surface area (Å²) in [5, 5.41) is 4.34. The van der Waals surface area contributed by atoms with Gasteiger partial charge in [0, 0.05) is 18.6 Å². The molecule has 2 heterocycles. The van der Waals surface area contributed by atoms with Crippen molar-refractivity contribution in [1.82, 2.24) is 5.43 Å². The molecule has 0 saturated carbocycles. The Balaban J connectivity index is 1.85. The molecule has 1 aliphatic heterocycles. The van der Waals surface area contributed by atoms with Crippen LogP contribution < -0.4 is 11.3 Å². The molecule has 1 aromatic rings. The summed E-state index contributed by atoms with van der Waals surface area (Å²) in [6, 6.07) is 2.56. The minimum absolute atomic E-state index is 0.337. The van der Waals surface area contributed by atoms with E-state index in [-0.39, 0.29) is 0 Å². The predicted molar refractivity (Wildman–Crippen MR) is 67.3 cm³/mol. The van der Waals surface area contributed by atoms with Crippen LogP contribution in [0.15, 0.2) is 16.8 Å². The van der Waals surface area contributed by atoms with E-state index in [1.54, 1.807) is 11.3 Å². The highest BCUT2D eigenvalue weighted by Crippen LogP contribution is 2.26. The van der Waals surface area contributed by atoms with Crippen LogP contribution in [0.25, 0.3) is 0 Å². The number of hydrogen-bond acceptors (Lipinski definition) is 4. The monoisotopic (exact) mass is 240 g/mol. The van der Waals surface area contributed by atoms with E-state index in [4.69, 9.17) is 10.6 Å². The summed E-state index contributed by atoms with van der Waals surface area (Å²) in [6.45, 7) is 3.02. The van der Waals surface area contributed by atoms with Crippen LogP contribution >= 0.6 is 11.3 Å². The second-order valence-corrected chi connectivity index (χ2v) is 5.25. The average Bonchev–Trinajstić information content (AvgIpc) is 2.92. The lowest BCUT2D eigenvalue weighted by atomic mass is 9.90. The number of hydrogen-bond donors (Lipinski definition) is 2. The number of hydrazine groups is 1. The first kappa shape index (κ1) is 12.0. The van der Waals surface area contributed by atoms with E-state index in [0.717, 1.165) is 25.9 Å². The first-order valence-electron chi connectivity index (χ1n) is 5.90. The smallest absolute Gasteiger partial charge is 0.0591 e. The van der Waals surface area contributed by atoms with Gasteiger partial charge in [0.25, 0.3) is 0 Å². The van der Waals surface area contributed by atoms with Gasteiger partial charge >= 0.3 is 0 Å². The molecular weight excluding hydrogens is 220 g/mol. The SMILES string of the molecule is CC1OCCC1C(CCc1ccsc1)NN. The fourth-order valence-corrected chi connectivity index (χ4v) is 3.16. The standard InChI is InChI=1S/C12H20N2OS/c1-9-11(4-6-15-9)12(14-13)3-2-10-5-7-16-8-10/h5,7-9,11-12,14H,2-4,6,13H2,1H3. The van der Waals surface area contributed by atoms with Crippen LogP contribution in [0.1, 0.15) is 25.3 Å². The molecule has 0 amide bonds. The molecular formula is C12H20N2OS. The van der Waals surface area contributed by atoms with E-state index in [9.17, 15) is 0 Å². The Morgan fingerprint density at radius 3 is 3.12 bits per heavy atom. The Kier molecular flexibility index (Phi) is 4.35. The Labute approximate surface area is 101 Å². The quantitative estimate of drug-likeness (QED) is 0.611. The van der Waals surface area contributed by atoms with E-state index >= 15 is 0 Å². The summed E-state index contributed by atoms with van der Waals surface area (Å²) in [6.07, 6.45) is 3.65. The van der Waals surface area contributed by atoms with Crippen LogP contribution in [0.4, 0.5) is 0 Å². The number of rotatable bonds is 5. The predicted octanol–water partition coefficient (Wildman–Crippen LogP) is 1.94. The molecule has 4 heteroatoms. The van der Waals surface area contributed by atoms with Gasteiger partial charge in [-0.05, 0) is 48.6 Å². The van der Waals surface area contributed by atoms with Gasteiger partial charge in [-0.3, -0.25) is 11.3 Å². The van der Waals surface area contributed by atoms with Gasteiger partial charge in [-0.1, -0.05) is 0 Å². The Morgan fingerprint density at radius 2 is 2.56 bits per heavy atom. The zero-order valence-electron chi connectivity index (χ0n) is 9.69. The van der Waals surface area contributed by atoms with Gasteiger partial charge in [-0.2, -0.15) is 11.3 Å². The van der Waals surface area contributed by atoms with Crippen molar-refractivity contribution in [2.24, 2.45) is 11.8 Å². The molecule has 1 aromatic heterocycles. The largest absolute Gasteiger partial charge is 0.378 e. The maximum atomic E-state index is 5.65. The van der Waals surface area contributed by atoms with Crippen molar-refractivity contribution < 1.29 is 4.74 Å². The second kappa shape index (κ2) is 5.77. The fourth-order valence-electron chi connectivity index (χ4n) is 2.45. The van der Waals surface area contributed by atoms with Crippen LogP contribution in [0.2, 0.25) is 0 Å². The summed E-state index contributed by atoms with van der Waals surface area (Å²) >= 11 is 1.76. The van der Waals surface area contributed by atoms with E-state index in [1.165, 1.54) is 5.56 Å². The van der Waals surface area contributed by atoms with Crippen LogP contribution in [0, 0.1) is 5.92 Å². The molecule has 1 fully saturated rings. The van der Waals surface area contributed by atoms with Gasteiger partial charge in [0.1, 0.15) is 0 Å². The van der Waals surface area contributed by atoms with Gasteiger partial charge in [-0.25, -0.2) is 0 Å². The number of nitrogens with one attached hydrogen (secondary N) is 1. The van der Waals surface area contributed by atoms with Crippen molar-refractivity contribution in [3.05, 3.63) is 22.4 Å². The molecule has 0 radical (unpaired) electrons. The maximum absolute atomic E-state index is 5.65. The molecule has 90 valence electrons. The van der Waals surface area contributed by atoms with E-state index in [1.807, 2.05) is 0 Å². The zero-order valence-corrected chi connectivity index (χ0v) is 10.5. The van der Waals surface area contributed by atoms with E-state index < -0.39 is 0 Å². The molecule has 0 aromatic carbocycles.